The quantitative estimate of drug-likeness (QED) is 0.825. The van der Waals surface area contributed by atoms with Gasteiger partial charge in [-0.1, -0.05) is 18.5 Å². The van der Waals surface area contributed by atoms with Gasteiger partial charge >= 0.3 is 5.97 Å². The van der Waals surface area contributed by atoms with E-state index >= 15 is 0 Å². The van der Waals surface area contributed by atoms with Gasteiger partial charge in [-0.25, -0.2) is 0 Å². The Labute approximate surface area is 104 Å². The van der Waals surface area contributed by atoms with Crippen molar-refractivity contribution in [1.82, 2.24) is 0 Å². The molecule has 1 rings (SSSR count). The lowest BCUT2D eigenvalue weighted by Gasteiger charge is -2.10. The summed E-state index contributed by atoms with van der Waals surface area (Å²) >= 11 is 7.38. The summed E-state index contributed by atoms with van der Waals surface area (Å²) in [6.45, 7) is 1.87. The minimum absolute atomic E-state index is 0.0170. The van der Waals surface area contributed by atoms with Crippen molar-refractivity contribution < 1.29 is 14.6 Å². The van der Waals surface area contributed by atoms with Gasteiger partial charge in [0.1, 0.15) is 5.75 Å². The van der Waals surface area contributed by atoms with Crippen LogP contribution >= 0.6 is 23.4 Å². The van der Waals surface area contributed by atoms with E-state index in [1.807, 2.05) is 19.1 Å². The minimum Gasteiger partial charge on any atom is -0.495 e. The normalized spacial score (nSPS) is 12.2. The molecule has 0 saturated carbocycles. The SMILES string of the molecule is COc1cc(SC(C)CC(=O)O)ccc1Cl. The molecule has 0 bridgehead atoms. The summed E-state index contributed by atoms with van der Waals surface area (Å²) in [4.78, 5) is 11.5. The maximum atomic E-state index is 10.5. The van der Waals surface area contributed by atoms with E-state index in [0.29, 0.717) is 10.8 Å². The third-order valence-electron chi connectivity index (χ3n) is 1.92. The number of methoxy groups -OCH3 is 1. The Bertz CT molecular complexity index is 381. The predicted molar refractivity (Wildman–Crippen MR) is 65.6 cm³/mol. The van der Waals surface area contributed by atoms with E-state index in [1.54, 1.807) is 13.2 Å². The molecule has 0 aliphatic heterocycles. The second kappa shape index (κ2) is 6.01. The van der Waals surface area contributed by atoms with E-state index in [9.17, 15) is 4.79 Å². The molecule has 0 aliphatic rings. The molecule has 0 aliphatic carbocycles. The minimum atomic E-state index is -0.791. The van der Waals surface area contributed by atoms with Crippen LogP contribution in [0.5, 0.6) is 5.75 Å². The van der Waals surface area contributed by atoms with Crippen LogP contribution in [0.2, 0.25) is 5.02 Å². The molecular weight excluding hydrogens is 248 g/mol. The monoisotopic (exact) mass is 260 g/mol. The number of carboxylic acid groups (broad SMARTS) is 1. The summed E-state index contributed by atoms with van der Waals surface area (Å²) in [5, 5.41) is 9.22. The Hall–Kier alpha value is -0.870. The Morgan fingerprint density at radius 3 is 2.88 bits per heavy atom. The maximum absolute atomic E-state index is 10.5. The smallest absolute Gasteiger partial charge is 0.304 e. The van der Waals surface area contributed by atoms with Crippen LogP contribution in [0.4, 0.5) is 0 Å². The molecule has 0 heterocycles. The van der Waals surface area contributed by atoms with Gasteiger partial charge in [0.2, 0.25) is 0 Å². The molecule has 1 aromatic rings. The summed E-state index contributed by atoms with van der Waals surface area (Å²) in [7, 11) is 1.55. The number of hydrogen-bond acceptors (Lipinski definition) is 3. The summed E-state index contributed by atoms with van der Waals surface area (Å²) < 4.78 is 5.09. The van der Waals surface area contributed by atoms with Crippen molar-refractivity contribution in [1.29, 1.82) is 0 Å². The molecule has 0 aromatic heterocycles. The molecule has 0 fully saturated rings. The first kappa shape index (κ1) is 13.2. The molecule has 1 atom stereocenters. The molecule has 0 saturated heterocycles. The number of carboxylic acids is 1. The molecule has 0 spiro atoms. The molecule has 0 radical (unpaired) electrons. The van der Waals surface area contributed by atoms with Gasteiger partial charge in [0.05, 0.1) is 18.6 Å². The third kappa shape index (κ3) is 3.94. The third-order valence-corrected chi connectivity index (χ3v) is 3.33. The highest BCUT2D eigenvalue weighted by Gasteiger charge is 2.10. The lowest BCUT2D eigenvalue weighted by Crippen LogP contribution is -2.05. The number of benzene rings is 1. The first-order valence-electron chi connectivity index (χ1n) is 4.75. The Morgan fingerprint density at radius 2 is 2.31 bits per heavy atom. The number of carbonyl (C=O) groups is 1. The highest BCUT2D eigenvalue weighted by Crippen LogP contribution is 2.32. The van der Waals surface area contributed by atoms with Gasteiger partial charge in [0.25, 0.3) is 0 Å². The molecule has 16 heavy (non-hydrogen) atoms. The molecule has 0 amide bonds. The van der Waals surface area contributed by atoms with Gasteiger partial charge in [-0.3, -0.25) is 4.79 Å². The number of hydrogen-bond donors (Lipinski definition) is 1. The summed E-state index contributed by atoms with van der Waals surface area (Å²) in [6, 6.07) is 5.41. The molecule has 5 heteroatoms. The van der Waals surface area contributed by atoms with Gasteiger partial charge in [0.15, 0.2) is 0 Å². The summed E-state index contributed by atoms with van der Waals surface area (Å²) in [6.07, 6.45) is 0.135. The van der Waals surface area contributed by atoms with Gasteiger partial charge in [0, 0.05) is 10.1 Å². The second-order valence-corrected chi connectivity index (χ2v) is 5.24. The van der Waals surface area contributed by atoms with Crippen molar-refractivity contribution in [3.05, 3.63) is 23.2 Å². The van der Waals surface area contributed by atoms with Crippen LogP contribution in [0.25, 0.3) is 0 Å². The van der Waals surface area contributed by atoms with Gasteiger partial charge in [-0.15, -0.1) is 11.8 Å². The van der Waals surface area contributed by atoms with Crippen molar-refractivity contribution in [3.63, 3.8) is 0 Å². The fraction of sp³-hybridized carbons (Fsp3) is 0.364. The molecule has 1 unspecified atom stereocenters. The lowest BCUT2D eigenvalue weighted by molar-refractivity contribution is -0.136. The molecular formula is C11H13ClO3S. The average molecular weight is 261 g/mol. The van der Waals surface area contributed by atoms with E-state index < -0.39 is 5.97 Å². The van der Waals surface area contributed by atoms with Crippen LogP contribution in [0.15, 0.2) is 23.1 Å². The van der Waals surface area contributed by atoms with Crippen molar-refractivity contribution in [2.45, 2.75) is 23.5 Å². The van der Waals surface area contributed by atoms with E-state index in [1.165, 1.54) is 11.8 Å². The van der Waals surface area contributed by atoms with E-state index in [-0.39, 0.29) is 11.7 Å². The van der Waals surface area contributed by atoms with Crippen LogP contribution in [0.1, 0.15) is 13.3 Å². The number of rotatable bonds is 5. The van der Waals surface area contributed by atoms with Crippen LogP contribution in [0.3, 0.4) is 0 Å². The molecule has 88 valence electrons. The lowest BCUT2D eigenvalue weighted by atomic mass is 10.3. The number of aliphatic carboxylic acids is 1. The molecule has 1 aromatic carbocycles. The summed E-state index contributed by atoms with van der Waals surface area (Å²) in [5.74, 6) is -0.185. The standard InChI is InChI=1S/C11H13ClO3S/c1-7(5-11(13)14)16-8-3-4-9(12)10(6-8)15-2/h3-4,6-7H,5H2,1-2H3,(H,13,14). The summed E-state index contributed by atoms with van der Waals surface area (Å²) in [5.41, 5.74) is 0. The van der Waals surface area contributed by atoms with E-state index in [2.05, 4.69) is 0 Å². The topological polar surface area (TPSA) is 46.5 Å². The highest BCUT2D eigenvalue weighted by atomic mass is 35.5. The fourth-order valence-corrected chi connectivity index (χ4v) is 2.44. The van der Waals surface area contributed by atoms with Crippen molar-refractivity contribution >= 4 is 29.3 Å². The average Bonchev–Trinajstić information content (AvgIpc) is 2.19. The number of ether oxygens (including phenoxy) is 1. The fourth-order valence-electron chi connectivity index (χ4n) is 1.23. The zero-order valence-corrected chi connectivity index (χ0v) is 10.6. The van der Waals surface area contributed by atoms with Crippen LogP contribution in [-0.2, 0) is 4.79 Å². The maximum Gasteiger partial charge on any atom is 0.304 e. The van der Waals surface area contributed by atoms with Gasteiger partial charge in [-0.05, 0) is 18.2 Å². The van der Waals surface area contributed by atoms with Crippen molar-refractivity contribution in [3.8, 4) is 5.75 Å². The molecule has 1 N–H and O–H groups in total. The predicted octanol–water partition coefficient (Wildman–Crippen LogP) is 3.30. The zero-order valence-electron chi connectivity index (χ0n) is 9.07. The Kier molecular flexibility index (Phi) is 4.96. The zero-order chi connectivity index (χ0) is 12.1. The van der Waals surface area contributed by atoms with Gasteiger partial charge < -0.3 is 9.84 Å². The van der Waals surface area contributed by atoms with Crippen LogP contribution in [0, 0.1) is 0 Å². The van der Waals surface area contributed by atoms with Crippen molar-refractivity contribution in [2.24, 2.45) is 0 Å². The highest BCUT2D eigenvalue weighted by molar-refractivity contribution is 8.00. The van der Waals surface area contributed by atoms with Crippen LogP contribution in [-0.4, -0.2) is 23.4 Å². The van der Waals surface area contributed by atoms with Gasteiger partial charge in [-0.2, -0.15) is 0 Å². The van der Waals surface area contributed by atoms with E-state index in [0.717, 1.165) is 4.90 Å². The van der Waals surface area contributed by atoms with E-state index in [4.69, 9.17) is 21.4 Å². The first-order chi connectivity index (χ1) is 7.52. The van der Waals surface area contributed by atoms with Crippen molar-refractivity contribution in [2.75, 3.05) is 7.11 Å². The molecule has 3 nitrogen and oxygen atoms in total. The van der Waals surface area contributed by atoms with Crippen LogP contribution < -0.4 is 4.74 Å². The largest absolute Gasteiger partial charge is 0.495 e. The Morgan fingerprint density at radius 1 is 1.62 bits per heavy atom. The first-order valence-corrected chi connectivity index (χ1v) is 6.00. The second-order valence-electron chi connectivity index (χ2n) is 3.32. The number of thioether (sulfide) groups is 1. The Balaban J connectivity index is 2.70. The number of halogens is 1.